The molecule has 27 heavy (non-hydrogen) atoms. The molecule has 0 spiro atoms. The number of thiophene rings is 1. The van der Waals surface area contributed by atoms with E-state index < -0.39 is 10.8 Å². The third-order valence-corrected chi connectivity index (χ3v) is 5.30. The van der Waals surface area contributed by atoms with Gasteiger partial charge < -0.3 is 9.84 Å². The molecule has 2 N–H and O–H groups in total. The van der Waals surface area contributed by atoms with Gasteiger partial charge in [-0.05, 0) is 45.8 Å². The van der Waals surface area contributed by atoms with Crippen LogP contribution in [0.25, 0.3) is 10.1 Å². The van der Waals surface area contributed by atoms with Gasteiger partial charge >= 0.3 is 0 Å². The number of carbonyl (C=O) groups is 1. The molecule has 0 bridgehead atoms. The van der Waals surface area contributed by atoms with E-state index in [0.29, 0.717) is 20.3 Å². The van der Waals surface area contributed by atoms with Gasteiger partial charge in [-0.3, -0.25) is 14.9 Å². The van der Waals surface area contributed by atoms with Crippen LogP contribution >= 0.6 is 27.3 Å². The van der Waals surface area contributed by atoms with Crippen LogP contribution in [0.4, 0.5) is 5.69 Å². The maximum Gasteiger partial charge on any atom is 0.281 e. The standard InChI is InChI=1S/C17H12BrN3O5S/c1-26-13-5-9(4-12(18)16(13)22)8-19-20-17(23)15-7-10-6-11(21(24)25)2-3-14(10)27-15/h2-8,22H,1H3,(H,20,23)/b19-8-. The van der Waals surface area contributed by atoms with Crippen LogP contribution in [-0.4, -0.2) is 29.3 Å². The molecule has 138 valence electrons. The Labute approximate surface area is 165 Å². The number of nitro groups is 1. The Balaban J connectivity index is 1.76. The van der Waals surface area contributed by atoms with Gasteiger partial charge in [0.2, 0.25) is 0 Å². The average molecular weight is 450 g/mol. The van der Waals surface area contributed by atoms with Crippen LogP contribution in [0.2, 0.25) is 0 Å². The maximum absolute atomic E-state index is 12.2. The number of benzene rings is 2. The second-order valence-electron chi connectivity index (χ2n) is 5.34. The molecule has 2 aromatic carbocycles. The monoisotopic (exact) mass is 449 g/mol. The molecule has 3 aromatic rings. The lowest BCUT2D eigenvalue weighted by Crippen LogP contribution is -2.16. The van der Waals surface area contributed by atoms with Crippen molar-refractivity contribution in [3.63, 3.8) is 0 Å². The number of rotatable bonds is 5. The normalized spacial score (nSPS) is 11.0. The van der Waals surface area contributed by atoms with Gasteiger partial charge in [0.15, 0.2) is 11.5 Å². The number of phenols is 1. The molecule has 0 saturated carbocycles. The van der Waals surface area contributed by atoms with E-state index in [4.69, 9.17) is 4.74 Å². The zero-order chi connectivity index (χ0) is 19.6. The molecule has 0 aliphatic carbocycles. The summed E-state index contributed by atoms with van der Waals surface area (Å²) in [6.45, 7) is 0. The zero-order valence-corrected chi connectivity index (χ0v) is 16.2. The zero-order valence-electron chi connectivity index (χ0n) is 13.8. The lowest BCUT2D eigenvalue weighted by Gasteiger charge is -2.06. The molecular formula is C17H12BrN3O5S. The topological polar surface area (TPSA) is 114 Å². The van der Waals surface area contributed by atoms with E-state index in [-0.39, 0.29) is 17.2 Å². The van der Waals surface area contributed by atoms with Gasteiger partial charge in [-0.2, -0.15) is 5.10 Å². The van der Waals surface area contributed by atoms with Gasteiger partial charge in [-0.25, -0.2) is 5.43 Å². The van der Waals surface area contributed by atoms with Gasteiger partial charge in [0.05, 0.1) is 27.6 Å². The number of nitrogens with zero attached hydrogens (tertiary/aromatic N) is 2. The Hall–Kier alpha value is -2.98. The van der Waals surface area contributed by atoms with Crippen LogP contribution in [0.3, 0.4) is 0 Å². The van der Waals surface area contributed by atoms with Gasteiger partial charge in [0, 0.05) is 22.2 Å². The Bertz CT molecular complexity index is 1080. The van der Waals surface area contributed by atoms with E-state index in [9.17, 15) is 20.0 Å². The summed E-state index contributed by atoms with van der Waals surface area (Å²) in [5.41, 5.74) is 2.98. The molecule has 0 unspecified atom stereocenters. The number of aromatic hydroxyl groups is 1. The Kier molecular flexibility index (Phi) is 5.38. The number of ether oxygens (including phenoxy) is 1. The van der Waals surface area contributed by atoms with Crippen molar-refractivity contribution in [2.45, 2.75) is 0 Å². The van der Waals surface area contributed by atoms with Crippen molar-refractivity contribution >= 4 is 55.2 Å². The van der Waals surface area contributed by atoms with Gasteiger partial charge in [0.1, 0.15) is 0 Å². The molecule has 0 fully saturated rings. The van der Waals surface area contributed by atoms with Crippen LogP contribution in [0.1, 0.15) is 15.2 Å². The molecule has 0 radical (unpaired) electrons. The lowest BCUT2D eigenvalue weighted by molar-refractivity contribution is -0.384. The smallest absolute Gasteiger partial charge is 0.281 e. The second kappa shape index (κ2) is 7.72. The summed E-state index contributed by atoms with van der Waals surface area (Å²) in [7, 11) is 1.43. The summed E-state index contributed by atoms with van der Waals surface area (Å²) in [4.78, 5) is 23.0. The first-order valence-corrected chi connectivity index (χ1v) is 9.08. The summed E-state index contributed by atoms with van der Waals surface area (Å²) in [5, 5.41) is 25.1. The highest BCUT2D eigenvalue weighted by Gasteiger charge is 2.13. The quantitative estimate of drug-likeness (QED) is 0.346. The first-order valence-electron chi connectivity index (χ1n) is 7.47. The van der Waals surface area contributed by atoms with Crippen molar-refractivity contribution in [2.75, 3.05) is 7.11 Å². The van der Waals surface area contributed by atoms with Gasteiger partial charge in [-0.1, -0.05) is 0 Å². The highest BCUT2D eigenvalue weighted by Crippen LogP contribution is 2.34. The number of amides is 1. The van der Waals surface area contributed by atoms with E-state index in [0.717, 1.165) is 4.70 Å². The first kappa shape index (κ1) is 18.8. The van der Waals surface area contributed by atoms with Gasteiger partial charge in [-0.15, -0.1) is 11.3 Å². The number of fused-ring (bicyclic) bond motifs is 1. The summed E-state index contributed by atoms with van der Waals surface area (Å²) in [6.07, 6.45) is 1.41. The second-order valence-corrected chi connectivity index (χ2v) is 7.28. The fourth-order valence-electron chi connectivity index (χ4n) is 2.30. The summed E-state index contributed by atoms with van der Waals surface area (Å²) < 4.78 is 6.24. The number of non-ortho nitro benzene ring substituents is 1. The van der Waals surface area contributed by atoms with Crippen LogP contribution in [0.5, 0.6) is 11.5 Å². The van der Waals surface area contributed by atoms with E-state index in [1.807, 2.05) is 0 Å². The van der Waals surface area contributed by atoms with E-state index in [1.54, 1.807) is 24.3 Å². The first-order chi connectivity index (χ1) is 12.9. The number of methoxy groups -OCH3 is 1. The molecule has 3 rings (SSSR count). The minimum atomic E-state index is -0.481. The molecule has 8 nitrogen and oxygen atoms in total. The number of hydrazone groups is 1. The minimum absolute atomic E-state index is 0.0296. The third-order valence-electron chi connectivity index (χ3n) is 3.58. The van der Waals surface area contributed by atoms with E-state index in [1.165, 1.54) is 36.8 Å². The highest BCUT2D eigenvalue weighted by molar-refractivity contribution is 9.10. The number of phenolic OH excluding ortho intramolecular Hbond substituents is 1. The molecule has 0 saturated heterocycles. The van der Waals surface area contributed by atoms with Crippen LogP contribution in [-0.2, 0) is 0 Å². The lowest BCUT2D eigenvalue weighted by atomic mass is 10.2. The van der Waals surface area contributed by atoms with Crippen molar-refractivity contribution in [3.8, 4) is 11.5 Å². The van der Waals surface area contributed by atoms with Crippen molar-refractivity contribution in [3.05, 3.63) is 61.4 Å². The number of nitrogens with one attached hydrogen (secondary N) is 1. The van der Waals surface area contributed by atoms with Gasteiger partial charge in [0.25, 0.3) is 11.6 Å². The summed E-state index contributed by atoms with van der Waals surface area (Å²) >= 11 is 4.42. The molecular weight excluding hydrogens is 438 g/mol. The van der Waals surface area contributed by atoms with Crippen molar-refractivity contribution < 1.29 is 19.6 Å². The molecule has 10 heteroatoms. The number of nitro benzene ring substituents is 1. The van der Waals surface area contributed by atoms with Crippen LogP contribution in [0, 0.1) is 10.1 Å². The molecule has 1 aromatic heterocycles. The third kappa shape index (κ3) is 4.07. The number of hydrogen-bond donors (Lipinski definition) is 2. The largest absolute Gasteiger partial charge is 0.503 e. The van der Waals surface area contributed by atoms with Crippen molar-refractivity contribution in [2.24, 2.45) is 5.10 Å². The molecule has 1 amide bonds. The predicted octanol–water partition coefficient (Wildman–Crippen LogP) is 4.05. The fourth-order valence-corrected chi connectivity index (χ4v) is 3.69. The molecule has 0 atom stereocenters. The number of hydrogen-bond acceptors (Lipinski definition) is 7. The SMILES string of the molecule is COc1cc(/C=N\NC(=O)c2cc3cc([N+](=O)[O-])ccc3s2)cc(Br)c1O. The minimum Gasteiger partial charge on any atom is -0.503 e. The average Bonchev–Trinajstić information content (AvgIpc) is 3.07. The van der Waals surface area contributed by atoms with E-state index >= 15 is 0 Å². The van der Waals surface area contributed by atoms with E-state index in [2.05, 4.69) is 26.5 Å². The Morgan fingerprint density at radius 3 is 2.85 bits per heavy atom. The summed E-state index contributed by atoms with van der Waals surface area (Å²) in [6, 6.07) is 9.19. The molecule has 0 aliphatic heterocycles. The van der Waals surface area contributed by atoms with Crippen LogP contribution in [0.15, 0.2) is 46.0 Å². The van der Waals surface area contributed by atoms with Crippen molar-refractivity contribution in [1.82, 2.24) is 5.43 Å². The number of carbonyl (C=O) groups excluding carboxylic acids is 1. The fraction of sp³-hybridized carbons (Fsp3) is 0.0588. The molecule has 0 aliphatic rings. The Morgan fingerprint density at radius 2 is 2.15 bits per heavy atom. The number of halogens is 1. The maximum atomic E-state index is 12.2. The highest BCUT2D eigenvalue weighted by atomic mass is 79.9. The van der Waals surface area contributed by atoms with Crippen LogP contribution < -0.4 is 10.2 Å². The van der Waals surface area contributed by atoms with Crippen molar-refractivity contribution in [1.29, 1.82) is 0 Å². The predicted molar refractivity (Wildman–Crippen MR) is 106 cm³/mol. The Morgan fingerprint density at radius 1 is 1.37 bits per heavy atom. The summed E-state index contributed by atoms with van der Waals surface area (Å²) in [5.74, 6) is -0.193. The molecule has 1 heterocycles.